The Morgan fingerprint density at radius 3 is 2.76 bits per heavy atom. The van der Waals surface area contributed by atoms with Gasteiger partial charge in [0, 0.05) is 19.7 Å². The first kappa shape index (κ1) is 15.7. The molecule has 1 unspecified atom stereocenters. The number of methoxy groups -OCH3 is 1. The third-order valence-electron chi connectivity index (χ3n) is 3.52. The maximum Gasteiger partial charge on any atom is 0.341 e. The molecule has 2 rings (SSSR count). The van der Waals surface area contributed by atoms with Gasteiger partial charge < -0.3 is 14.9 Å². The highest BCUT2D eigenvalue weighted by atomic mass is 32.2. The van der Waals surface area contributed by atoms with Crippen LogP contribution in [0.1, 0.15) is 16.8 Å². The number of aromatic hydroxyl groups is 1. The zero-order valence-electron chi connectivity index (χ0n) is 11.5. The number of aliphatic hydroxyl groups excluding tert-OH is 1. The van der Waals surface area contributed by atoms with Crippen LogP contribution in [0.2, 0.25) is 0 Å². The molecule has 0 spiro atoms. The van der Waals surface area contributed by atoms with Crippen molar-refractivity contribution in [1.29, 1.82) is 0 Å². The summed E-state index contributed by atoms with van der Waals surface area (Å²) < 4.78 is 30.7. The van der Waals surface area contributed by atoms with Crippen LogP contribution in [-0.2, 0) is 14.8 Å². The van der Waals surface area contributed by atoms with E-state index >= 15 is 0 Å². The van der Waals surface area contributed by atoms with Gasteiger partial charge in [-0.1, -0.05) is 0 Å². The van der Waals surface area contributed by atoms with Gasteiger partial charge in [-0.2, -0.15) is 4.31 Å². The van der Waals surface area contributed by atoms with Crippen molar-refractivity contribution < 1.29 is 28.2 Å². The van der Waals surface area contributed by atoms with E-state index in [4.69, 9.17) is 5.11 Å². The van der Waals surface area contributed by atoms with Crippen LogP contribution in [0.15, 0.2) is 23.1 Å². The van der Waals surface area contributed by atoms with Gasteiger partial charge in [0.15, 0.2) is 0 Å². The number of esters is 1. The number of rotatable bonds is 4. The van der Waals surface area contributed by atoms with Crippen LogP contribution in [0.5, 0.6) is 5.75 Å². The van der Waals surface area contributed by atoms with Gasteiger partial charge >= 0.3 is 5.97 Å². The molecular weight excluding hydrogens is 298 g/mol. The van der Waals surface area contributed by atoms with E-state index in [1.165, 1.54) is 10.4 Å². The molecule has 1 fully saturated rings. The number of nitrogens with zero attached hydrogens (tertiary/aromatic N) is 1. The number of phenols is 1. The lowest BCUT2D eigenvalue weighted by molar-refractivity contribution is 0.0597. The smallest absolute Gasteiger partial charge is 0.341 e. The zero-order chi connectivity index (χ0) is 15.6. The van der Waals surface area contributed by atoms with Gasteiger partial charge in [0.2, 0.25) is 10.0 Å². The van der Waals surface area contributed by atoms with Crippen LogP contribution >= 0.6 is 0 Å². The lowest BCUT2D eigenvalue weighted by Gasteiger charge is -2.17. The van der Waals surface area contributed by atoms with E-state index in [0.29, 0.717) is 13.0 Å². The van der Waals surface area contributed by atoms with Crippen molar-refractivity contribution in [3.05, 3.63) is 23.8 Å². The van der Waals surface area contributed by atoms with Crippen LogP contribution in [-0.4, -0.2) is 55.7 Å². The second kappa shape index (κ2) is 6.00. The molecule has 0 saturated carbocycles. The Bertz CT molecular complexity index is 642. The Kier molecular flexibility index (Phi) is 4.50. The Morgan fingerprint density at radius 2 is 2.19 bits per heavy atom. The summed E-state index contributed by atoms with van der Waals surface area (Å²) in [5.41, 5.74) is -0.198. The first-order valence-corrected chi connectivity index (χ1v) is 7.86. The molecule has 116 valence electrons. The summed E-state index contributed by atoms with van der Waals surface area (Å²) in [5.74, 6) is -1.22. The number of hydrogen-bond donors (Lipinski definition) is 2. The average molecular weight is 315 g/mol. The topological polar surface area (TPSA) is 104 Å². The van der Waals surface area contributed by atoms with Crippen molar-refractivity contribution in [3.8, 4) is 5.75 Å². The van der Waals surface area contributed by atoms with Gasteiger partial charge in [0.05, 0.1) is 12.0 Å². The third-order valence-corrected chi connectivity index (χ3v) is 5.38. The third kappa shape index (κ3) is 3.02. The molecule has 0 radical (unpaired) electrons. The molecular formula is C13H17NO6S. The number of phenolic OH excluding ortho intramolecular Hbond substituents is 1. The second-order valence-corrected chi connectivity index (χ2v) is 6.81. The van der Waals surface area contributed by atoms with Gasteiger partial charge in [-0.25, -0.2) is 13.2 Å². The predicted octanol–water partition coefficient (Wildman–Crippen LogP) is 0.182. The maximum absolute atomic E-state index is 12.5. The van der Waals surface area contributed by atoms with Crippen LogP contribution in [0.3, 0.4) is 0 Å². The van der Waals surface area contributed by atoms with Crippen LogP contribution < -0.4 is 0 Å². The van der Waals surface area contributed by atoms with Crippen LogP contribution in [0, 0.1) is 5.92 Å². The van der Waals surface area contributed by atoms with Crippen LogP contribution in [0.4, 0.5) is 0 Å². The fraction of sp³-hybridized carbons (Fsp3) is 0.462. The van der Waals surface area contributed by atoms with Crippen LogP contribution in [0.25, 0.3) is 0 Å². The minimum absolute atomic E-state index is 0.0605. The highest BCUT2D eigenvalue weighted by Crippen LogP contribution is 2.27. The quantitative estimate of drug-likeness (QED) is 0.768. The fourth-order valence-corrected chi connectivity index (χ4v) is 3.82. The Morgan fingerprint density at radius 1 is 1.48 bits per heavy atom. The SMILES string of the molecule is COC(=O)c1cc(S(=O)(=O)N2CCC(CO)C2)ccc1O. The van der Waals surface area contributed by atoms with Crippen molar-refractivity contribution in [1.82, 2.24) is 4.31 Å². The molecule has 1 atom stereocenters. The average Bonchev–Trinajstić information content (AvgIpc) is 2.96. The van der Waals surface area contributed by atoms with Crippen molar-refractivity contribution in [2.24, 2.45) is 5.92 Å². The summed E-state index contributed by atoms with van der Waals surface area (Å²) in [7, 11) is -2.61. The molecule has 0 bridgehead atoms. The van der Waals surface area contributed by atoms with E-state index in [2.05, 4.69) is 4.74 Å². The lowest BCUT2D eigenvalue weighted by Crippen LogP contribution is -2.29. The summed E-state index contributed by atoms with van der Waals surface area (Å²) >= 11 is 0. The summed E-state index contributed by atoms with van der Waals surface area (Å²) in [6.07, 6.45) is 0.595. The highest BCUT2D eigenvalue weighted by molar-refractivity contribution is 7.89. The molecule has 0 amide bonds. The van der Waals surface area contributed by atoms with Crippen molar-refractivity contribution in [3.63, 3.8) is 0 Å². The molecule has 21 heavy (non-hydrogen) atoms. The van der Waals surface area contributed by atoms with E-state index in [1.54, 1.807) is 0 Å². The largest absolute Gasteiger partial charge is 0.507 e. The Labute approximate surface area is 122 Å². The number of sulfonamides is 1. The molecule has 1 aromatic carbocycles. The molecule has 1 heterocycles. The molecule has 2 N–H and O–H groups in total. The number of benzene rings is 1. The molecule has 0 aliphatic carbocycles. The molecule has 0 aromatic heterocycles. The van der Waals surface area contributed by atoms with E-state index in [9.17, 15) is 18.3 Å². The van der Waals surface area contributed by atoms with Gasteiger partial charge in [-0.15, -0.1) is 0 Å². The number of ether oxygens (including phenoxy) is 1. The van der Waals surface area contributed by atoms with E-state index in [0.717, 1.165) is 19.2 Å². The lowest BCUT2D eigenvalue weighted by atomic mass is 10.1. The predicted molar refractivity (Wildman–Crippen MR) is 73.4 cm³/mol. The van der Waals surface area contributed by atoms with Crippen molar-refractivity contribution in [2.75, 3.05) is 26.8 Å². The maximum atomic E-state index is 12.5. The molecule has 1 saturated heterocycles. The minimum atomic E-state index is -3.76. The minimum Gasteiger partial charge on any atom is -0.507 e. The standard InChI is InChI=1S/C13H17NO6S/c1-20-13(17)11-6-10(2-3-12(11)16)21(18,19)14-5-4-9(7-14)8-15/h2-3,6,9,15-16H,4-5,7-8H2,1H3. The van der Waals surface area contributed by atoms with Gasteiger partial charge in [-0.05, 0) is 30.5 Å². The first-order valence-electron chi connectivity index (χ1n) is 6.42. The number of carbonyl (C=O) groups excluding carboxylic acids is 1. The molecule has 8 heteroatoms. The summed E-state index contributed by atoms with van der Waals surface area (Å²) in [5, 5.41) is 18.7. The van der Waals surface area contributed by atoms with Crippen molar-refractivity contribution in [2.45, 2.75) is 11.3 Å². The fourth-order valence-electron chi connectivity index (χ4n) is 2.26. The van der Waals surface area contributed by atoms with Crippen molar-refractivity contribution >= 4 is 16.0 Å². The molecule has 1 aliphatic rings. The number of carbonyl (C=O) groups is 1. The Hall–Kier alpha value is -1.64. The summed E-state index contributed by atoms with van der Waals surface area (Å²) in [6, 6.07) is 3.49. The second-order valence-electron chi connectivity index (χ2n) is 4.87. The molecule has 7 nitrogen and oxygen atoms in total. The van der Waals surface area contributed by atoms with Gasteiger partial charge in [-0.3, -0.25) is 0 Å². The van der Waals surface area contributed by atoms with E-state index in [1.807, 2.05) is 0 Å². The Balaban J connectivity index is 2.35. The zero-order valence-corrected chi connectivity index (χ0v) is 12.3. The highest BCUT2D eigenvalue weighted by Gasteiger charge is 2.32. The van der Waals surface area contributed by atoms with Gasteiger partial charge in [0.25, 0.3) is 0 Å². The summed E-state index contributed by atoms with van der Waals surface area (Å²) in [4.78, 5) is 11.4. The molecule has 1 aromatic rings. The summed E-state index contributed by atoms with van der Waals surface area (Å²) in [6.45, 7) is 0.504. The molecule has 1 aliphatic heterocycles. The number of aliphatic hydroxyl groups is 1. The number of hydrogen-bond acceptors (Lipinski definition) is 6. The van der Waals surface area contributed by atoms with E-state index in [-0.39, 0.29) is 35.3 Å². The normalized spacial score (nSPS) is 19.6. The first-order chi connectivity index (χ1) is 9.90. The van der Waals surface area contributed by atoms with E-state index < -0.39 is 16.0 Å². The monoisotopic (exact) mass is 315 g/mol. The van der Waals surface area contributed by atoms with Gasteiger partial charge in [0.1, 0.15) is 11.3 Å².